The van der Waals surface area contributed by atoms with Crippen molar-refractivity contribution in [2.24, 2.45) is 0 Å². The quantitative estimate of drug-likeness (QED) is 0.640. The summed E-state index contributed by atoms with van der Waals surface area (Å²) in [6, 6.07) is 2.90. The van der Waals surface area contributed by atoms with Crippen LogP contribution in [0.25, 0.3) is 0 Å². The summed E-state index contributed by atoms with van der Waals surface area (Å²) < 4.78 is 43.5. The number of halogens is 3. The Balaban J connectivity index is 2.38. The summed E-state index contributed by atoms with van der Waals surface area (Å²) >= 11 is 0. The molecular formula is C13H13F3N4O2. The van der Waals surface area contributed by atoms with Crippen molar-refractivity contribution in [1.82, 2.24) is 20.2 Å². The third-order valence-corrected chi connectivity index (χ3v) is 2.76. The fraction of sp³-hybridized carbons (Fsp3) is 0.385. The minimum absolute atomic E-state index is 0.0507. The van der Waals surface area contributed by atoms with Crippen molar-refractivity contribution in [3.05, 3.63) is 35.2 Å². The standard InChI is InChI=1S/C13H13F3N4O2/c1-3-12(21)22-11-5-4-10(13(14,15)16)6-9(11)7-20-18-8(2)17-19-20/h4-6H,3,7H2,1-2H3. The molecule has 0 radical (unpaired) electrons. The molecule has 0 atom stereocenters. The third kappa shape index (κ3) is 3.80. The number of aryl methyl sites for hydroxylation is 1. The van der Waals surface area contributed by atoms with Crippen LogP contribution in [0.4, 0.5) is 13.2 Å². The Morgan fingerprint density at radius 3 is 2.64 bits per heavy atom. The molecule has 0 N–H and O–H groups in total. The molecular weight excluding hydrogens is 301 g/mol. The normalized spacial score (nSPS) is 11.5. The zero-order valence-electron chi connectivity index (χ0n) is 11.9. The van der Waals surface area contributed by atoms with E-state index in [1.54, 1.807) is 13.8 Å². The van der Waals surface area contributed by atoms with Crippen LogP contribution in [0.2, 0.25) is 0 Å². The van der Waals surface area contributed by atoms with Crippen molar-refractivity contribution in [3.8, 4) is 5.75 Å². The highest BCUT2D eigenvalue weighted by Gasteiger charge is 2.31. The average Bonchev–Trinajstić information content (AvgIpc) is 2.84. The first-order valence-electron chi connectivity index (χ1n) is 6.45. The van der Waals surface area contributed by atoms with Gasteiger partial charge in [-0.25, -0.2) is 0 Å². The number of carbonyl (C=O) groups excluding carboxylic acids is 1. The summed E-state index contributed by atoms with van der Waals surface area (Å²) in [5.41, 5.74) is -0.690. The van der Waals surface area contributed by atoms with Gasteiger partial charge in [-0.15, -0.1) is 10.2 Å². The lowest BCUT2D eigenvalue weighted by Crippen LogP contribution is -2.13. The van der Waals surface area contributed by atoms with Gasteiger partial charge in [0.05, 0.1) is 12.1 Å². The zero-order valence-corrected chi connectivity index (χ0v) is 11.9. The summed E-state index contributed by atoms with van der Waals surface area (Å²) in [5, 5.41) is 11.3. The molecule has 0 aliphatic heterocycles. The van der Waals surface area contributed by atoms with Crippen molar-refractivity contribution in [3.63, 3.8) is 0 Å². The second-order valence-electron chi connectivity index (χ2n) is 4.51. The van der Waals surface area contributed by atoms with Crippen LogP contribution < -0.4 is 4.74 Å². The number of tetrazole rings is 1. The Morgan fingerprint density at radius 1 is 1.36 bits per heavy atom. The lowest BCUT2D eigenvalue weighted by atomic mass is 10.1. The molecule has 1 heterocycles. The van der Waals surface area contributed by atoms with E-state index in [0.29, 0.717) is 5.82 Å². The number of ether oxygens (including phenoxy) is 1. The lowest BCUT2D eigenvalue weighted by molar-refractivity contribution is -0.137. The van der Waals surface area contributed by atoms with Crippen LogP contribution in [-0.4, -0.2) is 26.2 Å². The predicted octanol–water partition coefficient (Wildman–Crippen LogP) is 2.36. The Hall–Kier alpha value is -2.45. The molecule has 1 aromatic carbocycles. The molecule has 0 spiro atoms. The highest BCUT2D eigenvalue weighted by Crippen LogP contribution is 2.33. The van der Waals surface area contributed by atoms with Crippen LogP contribution in [0.15, 0.2) is 18.2 Å². The molecule has 0 amide bonds. The molecule has 0 aliphatic rings. The maximum atomic E-state index is 12.8. The number of hydrogen-bond acceptors (Lipinski definition) is 5. The summed E-state index contributed by atoms with van der Waals surface area (Å²) in [6.07, 6.45) is -4.38. The van der Waals surface area contributed by atoms with Gasteiger partial charge in [0, 0.05) is 12.0 Å². The van der Waals surface area contributed by atoms with Gasteiger partial charge in [0.25, 0.3) is 0 Å². The van der Waals surface area contributed by atoms with Gasteiger partial charge in [-0.3, -0.25) is 4.79 Å². The minimum atomic E-state index is -4.49. The third-order valence-electron chi connectivity index (χ3n) is 2.76. The largest absolute Gasteiger partial charge is 0.426 e. The van der Waals surface area contributed by atoms with Gasteiger partial charge < -0.3 is 4.74 Å². The number of hydrogen-bond donors (Lipinski definition) is 0. The first kappa shape index (κ1) is 15.9. The van der Waals surface area contributed by atoms with Crippen LogP contribution >= 0.6 is 0 Å². The van der Waals surface area contributed by atoms with Crippen LogP contribution in [0.3, 0.4) is 0 Å². The zero-order chi connectivity index (χ0) is 16.3. The van der Waals surface area contributed by atoms with Gasteiger partial charge >= 0.3 is 12.1 Å². The number of alkyl halides is 3. The fourth-order valence-electron chi connectivity index (χ4n) is 1.72. The smallest absolute Gasteiger partial charge is 0.416 e. The molecule has 0 aliphatic carbocycles. The highest BCUT2D eigenvalue weighted by molar-refractivity contribution is 5.72. The number of rotatable bonds is 4. The molecule has 6 nitrogen and oxygen atoms in total. The SMILES string of the molecule is CCC(=O)Oc1ccc(C(F)(F)F)cc1Cn1nnc(C)n1. The maximum absolute atomic E-state index is 12.8. The van der Waals surface area contributed by atoms with Gasteiger partial charge in [-0.05, 0) is 30.3 Å². The monoisotopic (exact) mass is 314 g/mol. The van der Waals surface area contributed by atoms with Crippen LogP contribution in [0, 0.1) is 6.92 Å². The summed E-state index contributed by atoms with van der Waals surface area (Å²) in [6.45, 7) is 3.11. The molecule has 0 bridgehead atoms. The topological polar surface area (TPSA) is 69.9 Å². The van der Waals surface area contributed by atoms with Crippen molar-refractivity contribution in [2.75, 3.05) is 0 Å². The van der Waals surface area contributed by atoms with E-state index < -0.39 is 17.7 Å². The molecule has 118 valence electrons. The Morgan fingerprint density at radius 2 is 2.09 bits per heavy atom. The van der Waals surface area contributed by atoms with E-state index in [1.807, 2.05) is 0 Å². The molecule has 0 unspecified atom stereocenters. The first-order chi connectivity index (χ1) is 10.3. The molecule has 9 heteroatoms. The first-order valence-corrected chi connectivity index (χ1v) is 6.45. The fourth-order valence-corrected chi connectivity index (χ4v) is 1.72. The van der Waals surface area contributed by atoms with E-state index in [2.05, 4.69) is 15.4 Å². The molecule has 0 saturated heterocycles. The van der Waals surface area contributed by atoms with Crippen molar-refractivity contribution < 1.29 is 22.7 Å². The van der Waals surface area contributed by atoms with E-state index in [4.69, 9.17) is 4.74 Å². The average molecular weight is 314 g/mol. The number of carbonyl (C=O) groups is 1. The predicted molar refractivity (Wildman–Crippen MR) is 69.0 cm³/mol. The van der Waals surface area contributed by atoms with Gasteiger partial charge in [0.15, 0.2) is 5.82 Å². The Labute approximate surface area is 123 Å². The summed E-state index contributed by atoms with van der Waals surface area (Å²) in [4.78, 5) is 12.5. The van der Waals surface area contributed by atoms with Crippen molar-refractivity contribution in [2.45, 2.75) is 33.0 Å². The molecule has 1 aromatic heterocycles. The number of nitrogens with zero attached hydrogens (tertiary/aromatic N) is 4. The minimum Gasteiger partial charge on any atom is -0.426 e. The second kappa shape index (κ2) is 6.12. The van der Waals surface area contributed by atoms with Crippen LogP contribution in [0.1, 0.15) is 30.3 Å². The number of benzene rings is 1. The van der Waals surface area contributed by atoms with Crippen molar-refractivity contribution in [1.29, 1.82) is 0 Å². The van der Waals surface area contributed by atoms with E-state index in [-0.39, 0.29) is 24.3 Å². The van der Waals surface area contributed by atoms with Gasteiger partial charge in [-0.1, -0.05) is 6.92 Å². The van der Waals surface area contributed by atoms with E-state index in [9.17, 15) is 18.0 Å². The van der Waals surface area contributed by atoms with E-state index >= 15 is 0 Å². The Kier molecular flexibility index (Phi) is 4.43. The summed E-state index contributed by atoms with van der Waals surface area (Å²) in [5.74, 6) is -0.0994. The highest BCUT2D eigenvalue weighted by atomic mass is 19.4. The number of esters is 1. The molecule has 2 aromatic rings. The molecule has 2 rings (SSSR count). The maximum Gasteiger partial charge on any atom is 0.416 e. The van der Waals surface area contributed by atoms with Crippen LogP contribution in [0.5, 0.6) is 5.75 Å². The molecule has 0 fully saturated rings. The lowest BCUT2D eigenvalue weighted by Gasteiger charge is -2.13. The molecule has 22 heavy (non-hydrogen) atoms. The number of aromatic nitrogens is 4. The van der Waals surface area contributed by atoms with E-state index in [0.717, 1.165) is 23.0 Å². The molecule has 0 saturated carbocycles. The van der Waals surface area contributed by atoms with Gasteiger partial charge in [0.2, 0.25) is 0 Å². The van der Waals surface area contributed by atoms with Gasteiger partial charge in [0.1, 0.15) is 5.75 Å². The summed E-state index contributed by atoms with van der Waals surface area (Å²) in [7, 11) is 0. The van der Waals surface area contributed by atoms with Crippen LogP contribution in [-0.2, 0) is 17.5 Å². The van der Waals surface area contributed by atoms with E-state index in [1.165, 1.54) is 0 Å². The Bertz CT molecular complexity index is 682. The van der Waals surface area contributed by atoms with Crippen molar-refractivity contribution >= 4 is 5.97 Å². The second-order valence-corrected chi connectivity index (χ2v) is 4.51. The van der Waals surface area contributed by atoms with Gasteiger partial charge in [-0.2, -0.15) is 18.0 Å².